The van der Waals surface area contributed by atoms with Gasteiger partial charge in [-0.15, -0.1) is 0 Å². The van der Waals surface area contributed by atoms with Gasteiger partial charge >= 0.3 is 6.03 Å². The topological polar surface area (TPSA) is 96.1 Å². The Morgan fingerprint density at radius 2 is 1.71 bits per heavy atom. The van der Waals surface area contributed by atoms with Crippen LogP contribution in [0.5, 0.6) is 11.5 Å². The molecule has 4 rings (SSSR count). The summed E-state index contributed by atoms with van der Waals surface area (Å²) < 4.78 is 29.7. The van der Waals surface area contributed by atoms with Crippen molar-refractivity contribution in [3.8, 4) is 11.5 Å². The molecule has 216 valence electrons. The predicted molar refractivity (Wildman–Crippen MR) is 156 cm³/mol. The number of H-pyrrole nitrogens is 1. The van der Waals surface area contributed by atoms with Gasteiger partial charge < -0.3 is 34.3 Å². The molecule has 1 aromatic heterocycles. The molecule has 0 radical (unpaired) electrons. The number of carbonyl (C=O) groups is 2. The van der Waals surface area contributed by atoms with E-state index in [0.29, 0.717) is 36.7 Å². The Morgan fingerprint density at radius 1 is 0.902 bits per heavy atom. The van der Waals surface area contributed by atoms with E-state index in [1.165, 1.54) is 30.2 Å². The number of nitrogens with one attached hydrogen (secondary N) is 2. The minimum atomic E-state index is -0.524. The Hall–Kier alpha value is -4.57. The van der Waals surface area contributed by atoms with Crippen molar-refractivity contribution >= 4 is 28.5 Å². The fraction of sp³-hybridized carbons (Fsp3) is 0.290. The molecule has 0 bridgehead atoms. The molecule has 3 amide bonds. The van der Waals surface area contributed by atoms with Gasteiger partial charge in [0.05, 0.1) is 20.8 Å². The third-order valence-corrected chi connectivity index (χ3v) is 6.75. The van der Waals surface area contributed by atoms with E-state index < -0.39 is 11.8 Å². The number of amides is 3. The number of fused-ring (bicyclic) bond motifs is 1. The summed E-state index contributed by atoms with van der Waals surface area (Å²) in [6, 6.07) is 18.6. The lowest BCUT2D eigenvalue weighted by molar-refractivity contribution is -0.132. The Balaban J connectivity index is 1.55. The molecule has 2 N–H and O–H groups in total. The van der Waals surface area contributed by atoms with Crippen molar-refractivity contribution in [1.82, 2.24) is 14.8 Å². The zero-order valence-electron chi connectivity index (χ0n) is 23.5. The first-order valence-corrected chi connectivity index (χ1v) is 13.3. The van der Waals surface area contributed by atoms with Gasteiger partial charge in [-0.1, -0.05) is 30.3 Å². The van der Waals surface area contributed by atoms with Gasteiger partial charge in [-0.05, 0) is 53.9 Å². The number of hydrogen-bond acceptors (Lipinski definition) is 5. The summed E-state index contributed by atoms with van der Waals surface area (Å²) in [4.78, 5) is 33.3. The number of anilines is 1. The lowest BCUT2D eigenvalue weighted by Crippen LogP contribution is -2.46. The Morgan fingerprint density at radius 3 is 2.46 bits per heavy atom. The Labute approximate surface area is 238 Å². The fourth-order valence-electron chi connectivity index (χ4n) is 4.57. The monoisotopic (exact) mass is 562 g/mol. The fourth-order valence-corrected chi connectivity index (χ4v) is 4.57. The predicted octanol–water partition coefficient (Wildman–Crippen LogP) is 5.08. The Bertz CT molecular complexity index is 1470. The van der Waals surface area contributed by atoms with Gasteiger partial charge in [-0.3, -0.25) is 4.79 Å². The maximum Gasteiger partial charge on any atom is 0.322 e. The minimum Gasteiger partial charge on any atom is -0.493 e. The summed E-state index contributed by atoms with van der Waals surface area (Å²) in [5, 5.41) is 3.77. The normalized spacial score (nSPS) is 10.8. The van der Waals surface area contributed by atoms with Gasteiger partial charge in [0.25, 0.3) is 0 Å². The number of nitrogens with zero attached hydrogens (tertiary/aromatic N) is 2. The van der Waals surface area contributed by atoms with Crippen LogP contribution in [0.2, 0.25) is 0 Å². The van der Waals surface area contributed by atoms with E-state index in [0.717, 1.165) is 22.0 Å². The number of aromatic nitrogens is 1. The number of urea groups is 1. The molecule has 0 unspecified atom stereocenters. The minimum absolute atomic E-state index is 0.177. The molecule has 0 aliphatic rings. The van der Waals surface area contributed by atoms with Gasteiger partial charge in [0.2, 0.25) is 5.91 Å². The first-order chi connectivity index (χ1) is 19.9. The molecular formula is C31H35FN4O5. The van der Waals surface area contributed by atoms with Crippen LogP contribution in [-0.2, 0) is 22.5 Å². The first kappa shape index (κ1) is 29.4. The van der Waals surface area contributed by atoms with Gasteiger partial charge in [0, 0.05) is 49.5 Å². The maximum absolute atomic E-state index is 13.8. The molecule has 0 aliphatic carbocycles. The number of benzene rings is 3. The zero-order chi connectivity index (χ0) is 29.2. The molecule has 10 heteroatoms. The molecule has 0 aliphatic heterocycles. The van der Waals surface area contributed by atoms with Crippen molar-refractivity contribution in [2.75, 3.05) is 52.9 Å². The van der Waals surface area contributed by atoms with Crippen molar-refractivity contribution in [3.05, 3.63) is 89.9 Å². The molecule has 0 fully saturated rings. The summed E-state index contributed by atoms with van der Waals surface area (Å²) in [7, 11) is 4.65. The maximum atomic E-state index is 13.8. The van der Waals surface area contributed by atoms with Gasteiger partial charge in [-0.2, -0.15) is 0 Å². The highest BCUT2D eigenvalue weighted by Crippen LogP contribution is 2.28. The van der Waals surface area contributed by atoms with Crippen LogP contribution in [0.3, 0.4) is 0 Å². The number of rotatable bonds is 13. The van der Waals surface area contributed by atoms with E-state index in [2.05, 4.69) is 10.3 Å². The molecule has 9 nitrogen and oxygen atoms in total. The lowest BCUT2D eigenvalue weighted by atomic mass is 10.1. The average molecular weight is 563 g/mol. The highest BCUT2D eigenvalue weighted by Gasteiger charge is 2.23. The number of methoxy groups -OCH3 is 3. The lowest BCUT2D eigenvalue weighted by Gasteiger charge is -2.28. The molecule has 0 atom stereocenters. The molecule has 1 heterocycles. The molecule has 3 aromatic carbocycles. The van der Waals surface area contributed by atoms with Gasteiger partial charge in [0.1, 0.15) is 12.4 Å². The second-order valence-corrected chi connectivity index (χ2v) is 9.47. The third-order valence-electron chi connectivity index (χ3n) is 6.75. The second kappa shape index (κ2) is 14.2. The van der Waals surface area contributed by atoms with Crippen LogP contribution in [0.15, 0.2) is 72.9 Å². The van der Waals surface area contributed by atoms with Crippen LogP contribution in [-0.4, -0.2) is 74.3 Å². The number of halogens is 1. The number of hydrogen-bond donors (Lipinski definition) is 2. The van der Waals surface area contributed by atoms with Crippen LogP contribution in [0.1, 0.15) is 11.1 Å². The summed E-state index contributed by atoms with van der Waals surface area (Å²) in [5.41, 5.74) is 3.26. The van der Waals surface area contributed by atoms with E-state index in [1.54, 1.807) is 31.3 Å². The van der Waals surface area contributed by atoms with E-state index in [4.69, 9.17) is 14.2 Å². The summed E-state index contributed by atoms with van der Waals surface area (Å²) >= 11 is 0. The molecule has 0 saturated heterocycles. The van der Waals surface area contributed by atoms with E-state index in [1.807, 2.05) is 42.6 Å². The van der Waals surface area contributed by atoms with Crippen molar-refractivity contribution in [2.24, 2.45) is 0 Å². The van der Waals surface area contributed by atoms with Crippen LogP contribution in [0, 0.1) is 5.82 Å². The third kappa shape index (κ3) is 7.76. The SMILES string of the molecule is COCCN(CC(=O)N(CCc1c[nH]c2ccccc12)Cc1ccc(OC)c(OC)c1)C(=O)Nc1cccc(F)c1. The number of carbonyl (C=O) groups excluding carboxylic acids is 2. The van der Waals surface area contributed by atoms with Gasteiger partial charge in [0.15, 0.2) is 11.5 Å². The molecule has 0 spiro atoms. The quantitative estimate of drug-likeness (QED) is 0.237. The number of aromatic amines is 1. The molecule has 0 saturated carbocycles. The largest absolute Gasteiger partial charge is 0.493 e. The van der Waals surface area contributed by atoms with E-state index in [-0.39, 0.29) is 25.6 Å². The molecular weight excluding hydrogens is 527 g/mol. The van der Waals surface area contributed by atoms with Crippen molar-refractivity contribution in [1.29, 1.82) is 0 Å². The number of para-hydroxylation sites is 1. The van der Waals surface area contributed by atoms with Crippen LogP contribution in [0.25, 0.3) is 10.9 Å². The molecule has 4 aromatic rings. The summed E-state index contributed by atoms with van der Waals surface area (Å²) in [5.74, 6) is 0.434. The zero-order valence-corrected chi connectivity index (χ0v) is 23.5. The van der Waals surface area contributed by atoms with E-state index >= 15 is 0 Å². The standard InChI is InChI=1S/C31H35FN4O5/c1-39-16-15-36(31(38)34-25-8-6-7-24(32)18-25)21-30(37)35(20-22-11-12-28(40-2)29(17-22)41-3)14-13-23-19-33-27-10-5-4-9-26(23)27/h4-12,17-19,33H,13-16,20-21H2,1-3H3,(H,34,38). The van der Waals surface area contributed by atoms with E-state index in [9.17, 15) is 14.0 Å². The highest BCUT2D eigenvalue weighted by molar-refractivity contribution is 5.92. The summed E-state index contributed by atoms with van der Waals surface area (Å²) in [6.45, 7) is 0.931. The summed E-state index contributed by atoms with van der Waals surface area (Å²) in [6.07, 6.45) is 2.57. The van der Waals surface area contributed by atoms with Crippen LogP contribution in [0.4, 0.5) is 14.9 Å². The highest BCUT2D eigenvalue weighted by atomic mass is 19.1. The average Bonchev–Trinajstić information content (AvgIpc) is 3.40. The van der Waals surface area contributed by atoms with Crippen LogP contribution < -0.4 is 14.8 Å². The van der Waals surface area contributed by atoms with Crippen LogP contribution >= 0.6 is 0 Å². The second-order valence-electron chi connectivity index (χ2n) is 9.47. The van der Waals surface area contributed by atoms with Crippen molar-refractivity contribution < 1.29 is 28.2 Å². The van der Waals surface area contributed by atoms with Crippen molar-refractivity contribution in [2.45, 2.75) is 13.0 Å². The van der Waals surface area contributed by atoms with Crippen molar-refractivity contribution in [3.63, 3.8) is 0 Å². The smallest absolute Gasteiger partial charge is 0.322 e. The number of ether oxygens (including phenoxy) is 3. The molecule has 41 heavy (non-hydrogen) atoms. The Kier molecular flexibility index (Phi) is 10.2. The van der Waals surface area contributed by atoms with Gasteiger partial charge in [-0.25, -0.2) is 9.18 Å². The first-order valence-electron chi connectivity index (χ1n) is 13.3.